The molecule has 1 aliphatic carbocycles. The predicted molar refractivity (Wildman–Crippen MR) is 160 cm³/mol. The topological polar surface area (TPSA) is 135 Å². The van der Waals surface area contributed by atoms with E-state index in [9.17, 15) is 14.9 Å². The fourth-order valence-electron chi connectivity index (χ4n) is 6.40. The molecule has 2 unspecified atom stereocenters. The summed E-state index contributed by atoms with van der Waals surface area (Å²) in [5.74, 6) is 0.422. The Morgan fingerprint density at radius 2 is 2.00 bits per heavy atom. The van der Waals surface area contributed by atoms with Gasteiger partial charge in [-0.2, -0.15) is 5.26 Å². The van der Waals surface area contributed by atoms with E-state index in [0.717, 1.165) is 31.2 Å². The molecule has 2 aliphatic heterocycles. The lowest BCUT2D eigenvalue weighted by molar-refractivity contribution is -0.124. The summed E-state index contributed by atoms with van der Waals surface area (Å²) in [4.78, 5) is 38.8. The second-order valence-electron chi connectivity index (χ2n) is 11.7. The molecule has 0 spiro atoms. The number of hydrogen-bond acceptors (Lipinski definition) is 7. The van der Waals surface area contributed by atoms with Crippen molar-refractivity contribution in [1.82, 2.24) is 25.4 Å². The van der Waals surface area contributed by atoms with Gasteiger partial charge >= 0.3 is 6.09 Å². The first kappa shape index (κ1) is 29.9. The van der Waals surface area contributed by atoms with E-state index in [1.165, 1.54) is 17.4 Å². The maximum atomic E-state index is 14.0. The summed E-state index contributed by atoms with van der Waals surface area (Å²) in [6, 6.07) is 9.88. The molecule has 2 atom stereocenters. The molecular formula is C31H43N7O4. The number of hydrogen-bond donors (Lipinski definition) is 3. The number of aliphatic imine (C=N–C) groups is 1. The molecule has 3 aliphatic rings. The van der Waals surface area contributed by atoms with Crippen LogP contribution in [-0.2, 0) is 20.8 Å². The third-order valence-electron chi connectivity index (χ3n) is 8.66. The van der Waals surface area contributed by atoms with Crippen LogP contribution in [0.4, 0.5) is 4.79 Å². The van der Waals surface area contributed by atoms with Crippen LogP contribution in [0.2, 0.25) is 0 Å². The average molecular weight is 578 g/mol. The molecule has 1 aromatic carbocycles. The van der Waals surface area contributed by atoms with Crippen molar-refractivity contribution in [2.24, 2.45) is 10.9 Å². The third kappa shape index (κ3) is 7.41. The van der Waals surface area contributed by atoms with Gasteiger partial charge in [0.2, 0.25) is 11.9 Å². The van der Waals surface area contributed by atoms with Gasteiger partial charge in [0.05, 0.1) is 25.9 Å². The molecule has 3 heterocycles. The lowest BCUT2D eigenvalue weighted by Crippen LogP contribution is -2.54. The SMILES string of the molecule is CCOC(=O)NC(=NC(CC1CCCCC1)C(=O)NC1(C#N)CCN(Cc2c[nH]c3ccccc23)C1)N1CCOCC1. The molecule has 42 heavy (non-hydrogen) atoms. The number of aromatic nitrogens is 1. The van der Waals surface area contributed by atoms with Crippen molar-refractivity contribution < 1.29 is 19.1 Å². The molecule has 0 bridgehead atoms. The number of morpholine rings is 1. The van der Waals surface area contributed by atoms with Gasteiger partial charge in [-0.25, -0.2) is 9.79 Å². The number of amides is 2. The molecule has 0 radical (unpaired) electrons. The highest BCUT2D eigenvalue weighted by Crippen LogP contribution is 2.30. The zero-order chi connectivity index (χ0) is 29.4. The minimum absolute atomic E-state index is 0.230. The molecule has 2 saturated heterocycles. The standard InChI is InChI=1S/C31H43N7O4/c1-2-42-30(40)35-29(38-14-16-41-17-15-38)34-27(18-23-8-4-3-5-9-23)28(39)36-31(21-32)12-13-37(22-31)20-24-19-33-26-11-7-6-10-25(24)26/h6-7,10-11,19,23,27,33H,2-5,8-9,12-18,20,22H2,1H3,(H,36,39)(H,34,35,40). The summed E-state index contributed by atoms with van der Waals surface area (Å²) in [7, 11) is 0. The van der Waals surface area contributed by atoms with E-state index in [-0.39, 0.29) is 12.5 Å². The fourth-order valence-corrected chi connectivity index (χ4v) is 6.40. The lowest BCUT2D eigenvalue weighted by atomic mass is 9.84. The van der Waals surface area contributed by atoms with Gasteiger partial charge < -0.3 is 24.7 Å². The van der Waals surface area contributed by atoms with E-state index in [4.69, 9.17) is 14.5 Å². The number of alkyl carbamates (subject to hydrolysis) is 1. The van der Waals surface area contributed by atoms with Gasteiger partial charge in [0.15, 0.2) is 0 Å². The Hall–Kier alpha value is -3.62. The van der Waals surface area contributed by atoms with Gasteiger partial charge in [-0.15, -0.1) is 0 Å². The molecule has 3 N–H and O–H groups in total. The molecule has 226 valence electrons. The maximum absolute atomic E-state index is 14.0. The lowest BCUT2D eigenvalue weighted by Gasteiger charge is -2.32. The molecule has 11 heteroatoms. The second-order valence-corrected chi connectivity index (χ2v) is 11.7. The number of nitrogens with one attached hydrogen (secondary N) is 3. The summed E-state index contributed by atoms with van der Waals surface area (Å²) < 4.78 is 10.6. The Balaban J connectivity index is 1.33. The van der Waals surface area contributed by atoms with Crippen LogP contribution < -0.4 is 10.6 Å². The highest BCUT2D eigenvalue weighted by molar-refractivity contribution is 5.96. The number of ether oxygens (including phenoxy) is 2. The number of fused-ring (bicyclic) bond motifs is 1. The van der Waals surface area contributed by atoms with Gasteiger partial charge in [0.1, 0.15) is 11.6 Å². The number of carbonyl (C=O) groups excluding carboxylic acids is 2. The van der Waals surface area contributed by atoms with E-state index in [0.29, 0.717) is 70.7 Å². The smallest absolute Gasteiger partial charge is 0.413 e. The van der Waals surface area contributed by atoms with Crippen molar-refractivity contribution >= 4 is 28.9 Å². The first-order valence-corrected chi connectivity index (χ1v) is 15.3. The number of benzene rings is 1. The predicted octanol–water partition coefficient (Wildman–Crippen LogP) is 3.53. The largest absolute Gasteiger partial charge is 0.450 e. The Morgan fingerprint density at radius 1 is 1.21 bits per heavy atom. The number of aromatic amines is 1. The van der Waals surface area contributed by atoms with E-state index < -0.39 is 17.7 Å². The number of H-pyrrole nitrogens is 1. The highest BCUT2D eigenvalue weighted by atomic mass is 16.5. The van der Waals surface area contributed by atoms with E-state index in [1.807, 2.05) is 23.2 Å². The van der Waals surface area contributed by atoms with Crippen molar-refractivity contribution in [3.05, 3.63) is 36.0 Å². The van der Waals surface area contributed by atoms with E-state index in [1.54, 1.807) is 6.92 Å². The Morgan fingerprint density at radius 3 is 2.76 bits per heavy atom. The van der Waals surface area contributed by atoms with Crippen molar-refractivity contribution in [3.8, 4) is 6.07 Å². The summed E-state index contributed by atoms with van der Waals surface area (Å²) in [6.45, 7) is 5.92. The first-order valence-electron chi connectivity index (χ1n) is 15.3. The number of nitriles is 1. The third-order valence-corrected chi connectivity index (χ3v) is 8.66. The number of likely N-dealkylation sites (tertiary alicyclic amines) is 1. The summed E-state index contributed by atoms with van der Waals surface area (Å²) in [5, 5.41) is 17.4. The monoisotopic (exact) mass is 577 g/mol. The summed E-state index contributed by atoms with van der Waals surface area (Å²) in [6.07, 6.45) is 8.14. The maximum Gasteiger partial charge on any atom is 0.413 e. The zero-order valence-corrected chi connectivity index (χ0v) is 24.6. The van der Waals surface area contributed by atoms with Gasteiger partial charge in [0, 0.05) is 49.8 Å². The van der Waals surface area contributed by atoms with Crippen molar-refractivity contribution in [1.29, 1.82) is 5.26 Å². The van der Waals surface area contributed by atoms with Crippen LogP contribution in [0, 0.1) is 17.2 Å². The minimum Gasteiger partial charge on any atom is -0.450 e. The number of carbonyl (C=O) groups is 2. The van der Waals surface area contributed by atoms with Crippen LogP contribution in [0.3, 0.4) is 0 Å². The Bertz CT molecular complexity index is 1290. The molecule has 2 amide bonds. The van der Waals surface area contributed by atoms with Gasteiger partial charge in [-0.05, 0) is 37.3 Å². The zero-order valence-electron chi connectivity index (χ0n) is 24.6. The summed E-state index contributed by atoms with van der Waals surface area (Å²) in [5.41, 5.74) is 1.25. The average Bonchev–Trinajstić information content (AvgIpc) is 3.62. The van der Waals surface area contributed by atoms with Gasteiger partial charge in [0.25, 0.3) is 0 Å². The molecule has 5 rings (SSSR count). The normalized spacial score (nSPS) is 23.0. The first-order chi connectivity index (χ1) is 20.5. The number of guanidine groups is 1. The van der Waals surface area contributed by atoms with Gasteiger partial charge in [-0.3, -0.25) is 15.0 Å². The van der Waals surface area contributed by atoms with Crippen molar-refractivity contribution in [2.45, 2.75) is 70.0 Å². The van der Waals surface area contributed by atoms with Crippen LogP contribution in [0.25, 0.3) is 10.9 Å². The fraction of sp³-hybridized carbons (Fsp3) is 0.613. The van der Waals surface area contributed by atoms with Crippen LogP contribution in [0.15, 0.2) is 35.5 Å². The van der Waals surface area contributed by atoms with Crippen LogP contribution in [0.1, 0.15) is 57.4 Å². The van der Waals surface area contributed by atoms with Crippen LogP contribution in [-0.4, -0.2) is 90.3 Å². The van der Waals surface area contributed by atoms with E-state index in [2.05, 4.69) is 38.7 Å². The second kappa shape index (κ2) is 14.0. The van der Waals surface area contributed by atoms with Crippen LogP contribution in [0.5, 0.6) is 0 Å². The number of nitrogens with zero attached hydrogens (tertiary/aromatic N) is 4. The quantitative estimate of drug-likeness (QED) is 0.323. The molecule has 1 aromatic heterocycles. The molecular weight excluding hydrogens is 534 g/mol. The summed E-state index contributed by atoms with van der Waals surface area (Å²) >= 11 is 0. The molecule has 1 saturated carbocycles. The van der Waals surface area contributed by atoms with E-state index >= 15 is 0 Å². The Kier molecular flexibility index (Phi) is 9.97. The van der Waals surface area contributed by atoms with Crippen molar-refractivity contribution in [3.63, 3.8) is 0 Å². The minimum atomic E-state index is -1.00. The number of para-hydroxylation sites is 1. The molecule has 3 fully saturated rings. The molecule has 11 nitrogen and oxygen atoms in total. The van der Waals surface area contributed by atoms with Gasteiger partial charge in [-0.1, -0.05) is 50.3 Å². The number of rotatable bonds is 8. The van der Waals surface area contributed by atoms with Crippen molar-refractivity contribution in [2.75, 3.05) is 46.0 Å². The Labute approximate surface area is 247 Å². The van der Waals surface area contributed by atoms with Crippen LogP contribution >= 0.6 is 0 Å². The highest BCUT2D eigenvalue weighted by Gasteiger charge is 2.41. The molecule has 2 aromatic rings.